The third kappa shape index (κ3) is 3.02. The summed E-state index contributed by atoms with van der Waals surface area (Å²) in [7, 11) is 1.63. The topological polar surface area (TPSA) is 64.1 Å². The average Bonchev–Trinajstić information content (AvgIpc) is 3.15. The molecule has 128 valence electrons. The minimum Gasteiger partial charge on any atom is -0.496 e. The van der Waals surface area contributed by atoms with E-state index in [-0.39, 0.29) is 5.91 Å². The van der Waals surface area contributed by atoms with Crippen molar-refractivity contribution in [2.75, 3.05) is 12.4 Å². The predicted molar refractivity (Wildman–Crippen MR) is 104 cm³/mol. The number of aromatic nitrogens is 2. The summed E-state index contributed by atoms with van der Waals surface area (Å²) in [5, 5.41) is 6.13. The number of para-hydroxylation sites is 1. The van der Waals surface area contributed by atoms with Crippen LogP contribution in [0, 0.1) is 0 Å². The van der Waals surface area contributed by atoms with Gasteiger partial charge in [-0.25, -0.2) is 4.98 Å². The monoisotopic (exact) mass is 361 g/mol. The molecular weight excluding hydrogens is 346 g/mol. The van der Waals surface area contributed by atoms with E-state index in [1.165, 1.54) is 11.3 Å². The highest BCUT2D eigenvalue weighted by Crippen LogP contribution is 2.32. The molecule has 0 bridgehead atoms. The van der Waals surface area contributed by atoms with E-state index in [0.29, 0.717) is 10.7 Å². The van der Waals surface area contributed by atoms with Crippen molar-refractivity contribution in [3.05, 3.63) is 71.7 Å². The predicted octanol–water partition coefficient (Wildman–Crippen LogP) is 4.62. The molecule has 0 spiro atoms. The molecule has 2 aromatic heterocycles. The van der Waals surface area contributed by atoms with Gasteiger partial charge in [-0.05, 0) is 30.3 Å². The molecule has 4 rings (SSSR count). The lowest BCUT2D eigenvalue weighted by Crippen LogP contribution is -2.12. The van der Waals surface area contributed by atoms with E-state index in [1.807, 2.05) is 53.9 Å². The lowest BCUT2D eigenvalue weighted by atomic mass is 10.1. The zero-order chi connectivity index (χ0) is 17.9. The molecule has 2 heterocycles. The standard InChI is InChI=1S/C20H15N3O2S/c1-25-18-10-3-2-6-15(18)17-12-26-20(22-17)23-19(24)14-7-4-9-16-13(14)8-5-11-21-16/h2-12H,1H3,(H,22,23,24). The summed E-state index contributed by atoms with van der Waals surface area (Å²) in [6.07, 6.45) is 1.71. The molecule has 4 aromatic rings. The van der Waals surface area contributed by atoms with E-state index < -0.39 is 0 Å². The number of amides is 1. The fourth-order valence-electron chi connectivity index (χ4n) is 2.78. The number of anilines is 1. The lowest BCUT2D eigenvalue weighted by Gasteiger charge is -2.06. The van der Waals surface area contributed by atoms with Crippen LogP contribution in [0.15, 0.2) is 66.2 Å². The number of carbonyl (C=O) groups excluding carboxylic acids is 1. The number of ether oxygens (including phenoxy) is 1. The van der Waals surface area contributed by atoms with Gasteiger partial charge < -0.3 is 4.74 Å². The molecule has 0 aliphatic rings. The maximum absolute atomic E-state index is 12.7. The highest BCUT2D eigenvalue weighted by molar-refractivity contribution is 7.14. The number of benzene rings is 2. The smallest absolute Gasteiger partial charge is 0.258 e. The van der Waals surface area contributed by atoms with E-state index in [9.17, 15) is 4.79 Å². The van der Waals surface area contributed by atoms with Gasteiger partial charge in [-0.1, -0.05) is 24.3 Å². The summed E-state index contributed by atoms with van der Waals surface area (Å²) in [6, 6.07) is 16.9. The van der Waals surface area contributed by atoms with Crippen molar-refractivity contribution < 1.29 is 9.53 Å². The molecule has 0 radical (unpaired) electrons. The van der Waals surface area contributed by atoms with Crippen LogP contribution in [-0.2, 0) is 0 Å². The third-order valence-corrected chi connectivity index (χ3v) is 4.76. The van der Waals surface area contributed by atoms with Crippen LogP contribution in [0.1, 0.15) is 10.4 Å². The Morgan fingerprint density at radius 2 is 1.96 bits per heavy atom. The number of fused-ring (bicyclic) bond motifs is 1. The molecule has 1 N–H and O–H groups in total. The Bertz CT molecular complexity index is 1090. The van der Waals surface area contributed by atoms with E-state index >= 15 is 0 Å². The molecule has 2 aromatic carbocycles. The van der Waals surface area contributed by atoms with Crippen LogP contribution in [0.5, 0.6) is 5.75 Å². The maximum Gasteiger partial charge on any atom is 0.258 e. The Labute approximate surface area is 154 Å². The number of nitrogens with one attached hydrogen (secondary N) is 1. The molecular formula is C20H15N3O2S. The Kier molecular flexibility index (Phi) is 4.33. The van der Waals surface area contributed by atoms with Gasteiger partial charge in [0, 0.05) is 28.1 Å². The summed E-state index contributed by atoms with van der Waals surface area (Å²) in [6.45, 7) is 0. The average molecular weight is 361 g/mol. The molecule has 0 saturated heterocycles. The summed E-state index contributed by atoms with van der Waals surface area (Å²) in [5.41, 5.74) is 3.02. The van der Waals surface area contributed by atoms with Crippen LogP contribution in [0.4, 0.5) is 5.13 Å². The second-order valence-electron chi connectivity index (χ2n) is 5.57. The van der Waals surface area contributed by atoms with Crippen molar-refractivity contribution in [2.24, 2.45) is 0 Å². The first kappa shape index (κ1) is 16.2. The fraction of sp³-hybridized carbons (Fsp3) is 0.0500. The highest BCUT2D eigenvalue weighted by Gasteiger charge is 2.14. The van der Waals surface area contributed by atoms with Crippen LogP contribution in [0.2, 0.25) is 0 Å². The Morgan fingerprint density at radius 1 is 1.08 bits per heavy atom. The Hall–Kier alpha value is -3.25. The number of pyridine rings is 1. The van der Waals surface area contributed by atoms with Gasteiger partial charge in [-0.3, -0.25) is 15.1 Å². The third-order valence-electron chi connectivity index (χ3n) is 4.00. The number of rotatable bonds is 4. The van der Waals surface area contributed by atoms with E-state index in [2.05, 4.69) is 15.3 Å². The molecule has 0 unspecified atom stereocenters. The van der Waals surface area contributed by atoms with Gasteiger partial charge in [0.1, 0.15) is 5.75 Å². The second kappa shape index (κ2) is 6.93. The zero-order valence-corrected chi connectivity index (χ0v) is 14.8. The highest BCUT2D eigenvalue weighted by atomic mass is 32.1. The van der Waals surface area contributed by atoms with Crippen molar-refractivity contribution >= 4 is 33.3 Å². The zero-order valence-electron chi connectivity index (χ0n) is 14.0. The van der Waals surface area contributed by atoms with Crippen molar-refractivity contribution in [1.82, 2.24) is 9.97 Å². The fourth-order valence-corrected chi connectivity index (χ4v) is 3.48. The number of thiazole rings is 1. The number of hydrogen-bond acceptors (Lipinski definition) is 5. The second-order valence-corrected chi connectivity index (χ2v) is 6.43. The maximum atomic E-state index is 12.7. The Balaban J connectivity index is 1.62. The van der Waals surface area contributed by atoms with Gasteiger partial charge in [0.2, 0.25) is 0 Å². The first-order valence-electron chi connectivity index (χ1n) is 8.00. The van der Waals surface area contributed by atoms with E-state index in [0.717, 1.165) is 27.9 Å². The molecule has 1 amide bonds. The minimum absolute atomic E-state index is 0.204. The molecule has 5 nitrogen and oxygen atoms in total. The first-order valence-corrected chi connectivity index (χ1v) is 8.88. The molecule has 6 heteroatoms. The van der Waals surface area contributed by atoms with Crippen LogP contribution in [-0.4, -0.2) is 23.0 Å². The number of nitrogens with zero attached hydrogens (tertiary/aromatic N) is 2. The van der Waals surface area contributed by atoms with Gasteiger partial charge in [-0.2, -0.15) is 0 Å². The van der Waals surface area contributed by atoms with Crippen molar-refractivity contribution in [2.45, 2.75) is 0 Å². The lowest BCUT2D eigenvalue weighted by molar-refractivity contribution is 0.102. The quantitative estimate of drug-likeness (QED) is 0.576. The van der Waals surface area contributed by atoms with Crippen LogP contribution >= 0.6 is 11.3 Å². The molecule has 26 heavy (non-hydrogen) atoms. The summed E-state index contributed by atoms with van der Waals surface area (Å²) in [4.78, 5) is 21.5. The summed E-state index contributed by atoms with van der Waals surface area (Å²) >= 11 is 1.38. The van der Waals surface area contributed by atoms with Gasteiger partial charge in [0.15, 0.2) is 5.13 Å². The van der Waals surface area contributed by atoms with Crippen LogP contribution < -0.4 is 10.1 Å². The molecule has 0 aliphatic carbocycles. The molecule has 0 fully saturated rings. The minimum atomic E-state index is -0.204. The number of carbonyl (C=O) groups is 1. The Morgan fingerprint density at radius 3 is 2.85 bits per heavy atom. The normalized spacial score (nSPS) is 10.7. The van der Waals surface area contributed by atoms with Crippen molar-refractivity contribution in [3.8, 4) is 17.0 Å². The SMILES string of the molecule is COc1ccccc1-c1csc(NC(=O)c2cccc3ncccc23)n1. The van der Waals surface area contributed by atoms with Gasteiger partial charge in [-0.15, -0.1) is 11.3 Å². The van der Waals surface area contributed by atoms with Gasteiger partial charge in [0.05, 0.1) is 18.3 Å². The summed E-state index contributed by atoms with van der Waals surface area (Å²) in [5.74, 6) is 0.542. The largest absolute Gasteiger partial charge is 0.496 e. The van der Waals surface area contributed by atoms with Crippen molar-refractivity contribution in [3.63, 3.8) is 0 Å². The van der Waals surface area contributed by atoms with Gasteiger partial charge >= 0.3 is 0 Å². The summed E-state index contributed by atoms with van der Waals surface area (Å²) < 4.78 is 5.38. The van der Waals surface area contributed by atoms with E-state index in [1.54, 1.807) is 19.4 Å². The molecule has 0 saturated carbocycles. The first-order chi connectivity index (χ1) is 12.8. The van der Waals surface area contributed by atoms with Gasteiger partial charge in [0.25, 0.3) is 5.91 Å². The van der Waals surface area contributed by atoms with E-state index in [4.69, 9.17) is 4.74 Å². The number of methoxy groups -OCH3 is 1. The molecule has 0 aliphatic heterocycles. The van der Waals surface area contributed by atoms with Crippen molar-refractivity contribution in [1.29, 1.82) is 0 Å². The number of hydrogen-bond donors (Lipinski definition) is 1. The van der Waals surface area contributed by atoms with Crippen LogP contribution in [0.3, 0.4) is 0 Å². The molecule has 0 atom stereocenters. The van der Waals surface area contributed by atoms with Crippen LogP contribution in [0.25, 0.3) is 22.2 Å².